The lowest BCUT2D eigenvalue weighted by molar-refractivity contribution is 0.368. The van der Waals surface area contributed by atoms with Crippen LogP contribution in [0.2, 0.25) is 0 Å². The van der Waals surface area contributed by atoms with E-state index in [-0.39, 0.29) is 12.1 Å². The zero-order chi connectivity index (χ0) is 16.0. The van der Waals surface area contributed by atoms with E-state index >= 15 is 0 Å². The molecule has 5 heteroatoms. The highest BCUT2D eigenvalue weighted by Crippen LogP contribution is 2.21. The molecule has 4 nitrogen and oxygen atoms in total. The summed E-state index contributed by atoms with van der Waals surface area (Å²) in [5.74, 6) is 0. The van der Waals surface area contributed by atoms with E-state index in [4.69, 9.17) is 0 Å². The zero-order valence-electron chi connectivity index (χ0n) is 13.8. The number of hydrogen-bond donors (Lipinski definition) is 1. The first-order chi connectivity index (χ1) is 9.84. The van der Waals surface area contributed by atoms with Crippen molar-refractivity contribution in [1.82, 2.24) is 9.62 Å². The summed E-state index contributed by atoms with van der Waals surface area (Å²) in [6.07, 6.45) is 1.84. The lowest BCUT2D eigenvalue weighted by Gasteiger charge is -2.24. The van der Waals surface area contributed by atoms with Crippen LogP contribution in [0.1, 0.15) is 52.1 Å². The Morgan fingerprint density at radius 1 is 1.14 bits per heavy atom. The molecule has 0 saturated carbocycles. The van der Waals surface area contributed by atoms with Gasteiger partial charge >= 0.3 is 0 Å². The van der Waals surface area contributed by atoms with Gasteiger partial charge in [0.2, 0.25) is 10.0 Å². The summed E-state index contributed by atoms with van der Waals surface area (Å²) in [7, 11) is -1.74. The van der Waals surface area contributed by atoms with Crippen LogP contribution >= 0.6 is 0 Å². The topological polar surface area (TPSA) is 49.4 Å². The average molecular weight is 312 g/mol. The number of sulfonamides is 1. The van der Waals surface area contributed by atoms with E-state index in [2.05, 4.69) is 26.1 Å². The molecule has 21 heavy (non-hydrogen) atoms. The van der Waals surface area contributed by atoms with Crippen LogP contribution in [0.25, 0.3) is 0 Å². The molecule has 0 aliphatic carbocycles. The lowest BCUT2D eigenvalue weighted by Crippen LogP contribution is -2.35. The van der Waals surface area contributed by atoms with Crippen molar-refractivity contribution in [3.05, 3.63) is 29.8 Å². The third-order valence-corrected chi connectivity index (χ3v) is 5.88. The van der Waals surface area contributed by atoms with Crippen molar-refractivity contribution in [2.45, 2.75) is 57.5 Å². The van der Waals surface area contributed by atoms with Crippen LogP contribution in [0.15, 0.2) is 29.2 Å². The molecule has 1 N–H and O–H groups in total. The Morgan fingerprint density at radius 3 is 2.19 bits per heavy atom. The van der Waals surface area contributed by atoms with Gasteiger partial charge < -0.3 is 5.32 Å². The molecule has 1 aromatic rings. The van der Waals surface area contributed by atoms with Crippen LogP contribution < -0.4 is 5.32 Å². The Labute approximate surface area is 129 Å². The van der Waals surface area contributed by atoms with Crippen molar-refractivity contribution in [3.8, 4) is 0 Å². The fraction of sp³-hybridized carbons (Fsp3) is 0.625. The quantitative estimate of drug-likeness (QED) is 0.802. The first kappa shape index (κ1) is 18.1. The Morgan fingerprint density at radius 2 is 1.71 bits per heavy atom. The maximum absolute atomic E-state index is 12.6. The molecule has 0 spiro atoms. The molecule has 0 radical (unpaired) electrons. The van der Waals surface area contributed by atoms with Crippen LogP contribution in [0.3, 0.4) is 0 Å². The molecule has 0 saturated heterocycles. The highest BCUT2D eigenvalue weighted by Gasteiger charge is 2.24. The normalized spacial score (nSPS) is 15.1. The second kappa shape index (κ2) is 7.92. The van der Waals surface area contributed by atoms with Gasteiger partial charge in [0.05, 0.1) is 4.90 Å². The van der Waals surface area contributed by atoms with Gasteiger partial charge in [-0.25, -0.2) is 8.42 Å². The molecule has 0 amide bonds. The Bertz CT molecular complexity index is 526. The highest BCUT2D eigenvalue weighted by molar-refractivity contribution is 7.89. The van der Waals surface area contributed by atoms with Crippen molar-refractivity contribution in [3.63, 3.8) is 0 Å². The molecule has 0 heterocycles. The molecule has 2 atom stereocenters. The van der Waals surface area contributed by atoms with Crippen LogP contribution in [0, 0.1) is 0 Å². The molecule has 0 bridgehead atoms. The van der Waals surface area contributed by atoms with E-state index in [9.17, 15) is 8.42 Å². The fourth-order valence-corrected chi connectivity index (χ4v) is 3.75. The monoisotopic (exact) mass is 312 g/mol. The fourth-order valence-electron chi connectivity index (χ4n) is 2.36. The smallest absolute Gasteiger partial charge is 0.243 e. The minimum atomic E-state index is -3.40. The van der Waals surface area contributed by atoms with Gasteiger partial charge in [-0.1, -0.05) is 32.4 Å². The zero-order valence-corrected chi connectivity index (χ0v) is 14.6. The number of nitrogens with zero attached hydrogens (tertiary/aromatic N) is 1. The predicted octanol–water partition coefficient (Wildman–Crippen LogP) is 3.17. The van der Waals surface area contributed by atoms with Gasteiger partial charge in [0.15, 0.2) is 0 Å². The number of rotatable bonds is 8. The summed E-state index contributed by atoms with van der Waals surface area (Å²) in [5, 5.41) is 3.32. The van der Waals surface area contributed by atoms with E-state index < -0.39 is 10.0 Å². The lowest BCUT2D eigenvalue weighted by atomic mass is 10.1. The Hall–Kier alpha value is -0.910. The van der Waals surface area contributed by atoms with E-state index in [1.54, 1.807) is 19.2 Å². The van der Waals surface area contributed by atoms with Crippen LogP contribution in [-0.4, -0.2) is 32.4 Å². The molecule has 1 aromatic carbocycles. The summed E-state index contributed by atoms with van der Waals surface area (Å²) >= 11 is 0. The largest absolute Gasteiger partial charge is 0.310 e. The van der Waals surface area contributed by atoms with Crippen LogP contribution in [0.5, 0.6) is 0 Å². The SMILES string of the molecule is CCCC(C)N(C)S(=O)(=O)c1ccc(C(C)NCC)cc1. The van der Waals surface area contributed by atoms with E-state index in [0.29, 0.717) is 4.90 Å². The minimum absolute atomic E-state index is 0.0142. The molecule has 1 rings (SSSR count). The summed E-state index contributed by atoms with van der Waals surface area (Å²) < 4.78 is 26.6. The molecule has 0 aromatic heterocycles. The molecular formula is C16H28N2O2S. The van der Waals surface area contributed by atoms with Crippen LogP contribution in [-0.2, 0) is 10.0 Å². The van der Waals surface area contributed by atoms with Gasteiger partial charge in [0, 0.05) is 19.1 Å². The van der Waals surface area contributed by atoms with Gasteiger partial charge in [-0.15, -0.1) is 0 Å². The van der Waals surface area contributed by atoms with Gasteiger partial charge in [-0.3, -0.25) is 0 Å². The Kier molecular flexibility index (Phi) is 6.84. The van der Waals surface area contributed by atoms with Crippen molar-refractivity contribution in [1.29, 1.82) is 0 Å². The highest BCUT2D eigenvalue weighted by atomic mass is 32.2. The number of nitrogens with one attached hydrogen (secondary N) is 1. The average Bonchev–Trinajstić information content (AvgIpc) is 2.47. The first-order valence-corrected chi connectivity index (χ1v) is 9.09. The van der Waals surface area contributed by atoms with Gasteiger partial charge in [-0.05, 0) is 44.5 Å². The maximum atomic E-state index is 12.6. The molecule has 0 aliphatic heterocycles. The van der Waals surface area contributed by atoms with Crippen molar-refractivity contribution >= 4 is 10.0 Å². The second-order valence-corrected chi connectivity index (χ2v) is 7.50. The summed E-state index contributed by atoms with van der Waals surface area (Å²) in [6.45, 7) is 9.02. The number of hydrogen-bond acceptors (Lipinski definition) is 3. The van der Waals surface area contributed by atoms with Gasteiger partial charge in [0.25, 0.3) is 0 Å². The summed E-state index contributed by atoms with van der Waals surface area (Å²) in [5.41, 5.74) is 1.10. The van der Waals surface area contributed by atoms with Crippen molar-refractivity contribution < 1.29 is 8.42 Å². The van der Waals surface area contributed by atoms with Gasteiger partial charge in [-0.2, -0.15) is 4.31 Å². The Balaban J connectivity index is 2.94. The molecular weight excluding hydrogens is 284 g/mol. The van der Waals surface area contributed by atoms with E-state index in [0.717, 1.165) is 24.9 Å². The predicted molar refractivity (Wildman–Crippen MR) is 87.9 cm³/mol. The van der Waals surface area contributed by atoms with Crippen LogP contribution in [0.4, 0.5) is 0 Å². The summed E-state index contributed by atoms with van der Waals surface area (Å²) in [6, 6.07) is 7.42. The molecule has 2 unspecified atom stereocenters. The summed E-state index contributed by atoms with van der Waals surface area (Å²) in [4.78, 5) is 0.361. The third-order valence-electron chi connectivity index (χ3n) is 3.89. The molecule has 0 aliphatic rings. The molecule has 0 fully saturated rings. The third kappa shape index (κ3) is 4.53. The van der Waals surface area contributed by atoms with Crippen molar-refractivity contribution in [2.75, 3.05) is 13.6 Å². The van der Waals surface area contributed by atoms with E-state index in [1.165, 1.54) is 4.31 Å². The standard InChI is InChI=1S/C16H28N2O2S/c1-6-8-13(3)18(5)21(19,20)16-11-9-15(10-12-16)14(4)17-7-2/h9-14,17H,6-8H2,1-5H3. The second-order valence-electron chi connectivity index (χ2n) is 5.51. The minimum Gasteiger partial charge on any atom is -0.310 e. The van der Waals surface area contributed by atoms with Crippen molar-refractivity contribution in [2.24, 2.45) is 0 Å². The van der Waals surface area contributed by atoms with Gasteiger partial charge in [0.1, 0.15) is 0 Å². The van der Waals surface area contributed by atoms with E-state index in [1.807, 2.05) is 19.1 Å². The number of benzene rings is 1. The maximum Gasteiger partial charge on any atom is 0.243 e. The first-order valence-electron chi connectivity index (χ1n) is 7.65. The molecule has 120 valence electrons.